The number of thiazole rings is 1. The van der Waals surface area contributed by atoms with Crippen LogP contribution in [0.1, 0.15) is 39.0 Å². The number of aromatic amines is 1. The highest BCUT2D eigenvalue weighted by Crippen LogP contribution is 2.30. The van der Waals surface area contributed by atoms with Crippen LogP contribution in [0.4, 0.5) is 5.13 Å². The third kappa shape index (κ3) is 3.15. The molecular formula is C18H19N3O4S. The second-order valence-electron chi connectivity index (χ2n) is 5.63. The lowest BCUT2D eigenvalue weighted by molar-refractivity contribution is 0.0599. The minimum absolute atomic E-state index is 0.332. The molecule has 0 fully saturated rings. The predicted octanol–water partition coefficient (Wildman–Crippen LogP) is 3.54. The van der Waals surface area contributed by atoms with E-state index in [1.165, 1.54) is 18.4 Å². The van der Waals surface area contributed by atoms with Crippen molar-refractivity contribution in [1.29, 1.82) is 0 Å². The fraction of sp³-hybridized carbons (Fsp3) is 0.278. The highest BCUT2D eigenvalue weighted by Gasteiger charge is 2.24. The van der Waals surface area contributed by atoms with Crippen LogP contribution >= 0.6 is 11.3 Å². The van der Waals surface area contributed by atoms with E-state index in [0.717, 1.165) is 16.0 Å². The quantitative estimate of drug-likeness (QED) is 0.667. The van der Waals surface area contributed by atoms with Crippen molar-refractivity contribution in [2.75, 3.05) is 19.5 Å². The highest BCUT2D eigenvalue weighted by atomic mass is 32.1. The summed E-state index contributed by atoms with van der Waals surface area (Å²) in [5.41, 5.74) is 2.76. The summed E-state index contributed by atoms with van der Waals surface area (Å²) in [6, 6.07) is 5.52. The fourth-order valence-corrected chi connectivity index (χ4v) is 3.66. The van der Waals surface area contributed by atoms with Crippen molar-refractivity contribution < 1.29 is 19.1 Å². The van der Waals surface area contributed by atoms with E-state index in [-0.39, 0.29) is 5.91 Å². The smallest absolute Gasteiger partial charge is 0.339 e. The van der Waals surface area contributed by atoms with Crippen LogP contribution in [0.3, 0.4) is 0 Å². The van der Waals surface area contributed by atoms with E-state index < -0.39 is 5.97 Å². The number of methoxy groups -OCH3 is 2. The summed E-state index contributed by atoms with van der Waals surface area (Å²) in [4.78, 5) is 32.1. The SMILES string of the molecule is CCc1[nH]c(C(=O)Nc2nc3ccc(OC)cc3s2)c(C)c1C(=O)OC. The van der Waals surface area contributed by atoms with Gasteiger partial charge in [-0.1, -0.05) is 18.3 Å². The molecular weight excluding hydrogens is 354 g/mol. The summed E-state index contributed by atoms with van der Waals surface area (Å²) < 4.78 is 10.9. The zero-order valence-corrected chi connectivity index (χ0v) is 15.7. The Morgan fingerprint density at radius 1 is 1.31 bits per heavy atom. The lowest BCUT2D eigenvalue weighted by atomic mass is 10.1. The number of rotatable bonds is 5. The number of nitrogens with one attached hydrogen (secondary N) is 2. The molecule has 26 heavy (non-hydrogen) atoms. The van der Waals surface area contributed by atoms with Gasteiger partial charge in [0.1, 0.15) is 11.4 Å². The summed E-state index contributed by atoms with van der Waals surface area (Å²) in [6.45, 7) is 3.63. The van der Waals surface area contributed by atoms with Crippen molar-refractivity contribution >= 4 is 38.6 Å². The van der Waals surface area contributed by atoms with Crippen LogP contribution in [0, 0.1) is 6.92 Å². The Morgan fingerprint density at radius 3 is 2.73 bits per heavy atom. The zero-order chi connectivity index (χ0) is 18.8. The Bertz CT molecular complexity index is 990. The standard InChI is InChI=1S/C18H19N3O4S/c1-5-11-14(17(23)25-4)9(2)15(19-11)16(22)21-18-20-12-7-6-10(24-3)8-13(12)26-18/h6-8,19H,5H2,1-4H3,(H,20,21,22). The molecule has 0 atom stereocenters. The second kappa shape index (κ2) is 7.17. The van der Waals surface area contributed by atoms with Crippen molar-refractivity contribution in [2.24, 2.45) is 0 Å². The number of anilines is 1. The predicted molar refractivity (Wildman–Crippen MR) is 100 cm³/mol. The molecule has 2 aromatic heterocycles. The molecule has 0 saturated heterocycles. The number of carbonyl (C=O) groups excluding carboxylic acids is 2. The Morgan fingerprint density at radius 2 is 2.08 bits per heavy atom. The maximum absolute atomic E-state index is 12.7. The van der Waals surface area contributed by atoms with Gasteiger partial charge in [0.15, 0.2) is 5.13 Å². The first-order chi connectivity index (χ1) is 12.5. The largest absolute Gasteiger partial charge is 0.497 e. The molecule has 8 heteroatoms. The maximum Gasteiger partial charge on any atom is 0.339 e. The number of aromatic nitrogens is 2. The number of hydrogen-bond donors (Lipinski definition) is 2. The molecule has 0 aliphatic rings. The number of nitrogens with zero attached hydrogens (tertiary/aromatic N) is 1. The minimum Gasteiger partial charge on any atom is -0.497 e. The van der Waals surface area contributed by atoms with Gasteiger partial charge >= 0.3 is 5.97 Å². The average molecular weight is 373 g/mol. The molecule has 136 valence electrons. The molecule has 0 radical (unpaired) electrons. The monoisotopic (exact) mass is 373 g/mol. The Labute approximate surface area is 154 Å². The van der Waals surface area contributed by atoms with Crippen LogP contribution in [0.25, 0.3) is 10.2 Å². The topological polar surface area (TPSA) is 93.3 Å². The van der Waals surface area contributed by atoms with Gasteiger partial charge in [-0.25, -0.2) is 9.78 Å². The number of amides is 1. The molecule has 3 rings (SSSR count). The van der Waals surface area contributed by atoms with Gasteiger partial charge in [-0.3, -0.25) is 10.1 Å². The number of hydrogen-bond acceptors (Lipinski definition) is 6. The molecule has 2 heterocycles. The summed E-state index contributed by atoms with van der Waals surface area (Å²) in [7, 11) is 2.92. The first kappa shape index (κ1) is 17.9. The first-order valence-corrected chi connectivity index (χ1v) is 8.85. The Balaban J connectivity index is 1.91. The number of benzene rings is 1. The molecule has 0 spiro atoms. The van der Waals surface area contributed by atoms with Crippen LogP contribution in [0.2, 0.25) is 0 Å². The van der Waals surface area contributed by atoms with Crippen molar-refractivity contribution in [2.45, 2.75) is 20.3 Å². The average Bonchev–Trinajstić information content (AvgIpc) is 3.19. The normalized spacial score (nSPS) is 10.8. The van der Waals surface area contributed by atoms with E-state index in [1.54, 1.807) is 14.0 Å². The van der Waals surface area contributed by atoms with Gasteiger partial charge in [-0.15, -0.1) is 0 Å². The number of H-pyrrole nitrogens is 1. The van der Waals surface area contributed by atoms with Crippen molar-refractivity contribution in [1.82, 2.24) is 9.97 Å². The van der Waals surface area contributed by atoms with Gasteiger partial charge in [0.25, 0.3) is 5.91 Å². The summed E-state index contributed by atoms with van der Waals surface area (Å²) in [5.74, 6) is -0.0744. The molecule has 0 saturated carbocycles. The van der Waals surface area contributed by atoms with Crippen LogP contribution in [0.5, 0.6) is 5.75 Å². The second-order valence-corrected chi connectivity index (χ2v) is 6.66. The summed E-state index contributed by atoms with van der Waals surface area (Å²) >= 11 is 1.35. The lowest BCUT2D eigenvalue weighted by Gasteiger charge is -2.02. The first-order valence-electron chi connectivity index (χ1n) is 8.04. The van der Waals surface area contributed by atoms with Gasteiger partial charge < -0.3 is 14.5 Å². The van der Waals surface area contributed by atoms with Gasteiger partial charge in [0.05, 0.1) is 30.0 Å². The minimum atomic E-state index is -0.457. The van der Waals surface area contributed by atoms with Crippen LogP contribution in [-0.4, -0.2) is 36.1 Å². The van der Waals surface area contributed by atoms with E-state index in [0.29, 0.717) is 34.1 Å². The maximum atomic E-state index is 12.7. The molecule has 0 aliphatic carbocycles. The van der Waals surface area contributed by atoms with Crippen LogP contribution in [0.15, 0.2) is 18.2 Å². The van der Waals surface area contributed by atoms with Crippen LogP contribution in [-0.2, 0) is 11.2 Å². The number of carbonyl (C=O) groups is 2. The fourth-order valence-electron chi connectivity index (χ4n) is 2.77. The third-order valence-corrected chi connectivity index (χ3v) is 5.05. The molecule has 2 N–H and O–H groups in total. The van der Waals surface area contributed by atoms with Crippen molar-refractivity contribution in [3.05, 3.63) is 40.7 Å². The summed E-state index contributed by atoms with van der Waals surface area (Å²) in [5, 5.41) is 3.27. The molecule has 7 nitrogen and oxygen atoms in total. The molecule has 3 aromatic rings. The number of esters is 1. The lowest BCUT2D eigenvalue weighted by Crippen LogP contribution is -2.14. The van der Waals surface area contributed by atoms with Gasteiger partial charge in [-0.05, 0) is 37.1 Å². The molecule has 0 unspecified atom stereocenters. The van der Waals surface area contributed by atoms with E-state index in [1.807, 2.05) is 25.1 Å². The molecule has 1 aromatic carbocycles. The summed E-state index contributed by atoms with van der Waals surface area (Å²) in [6.07, 6.45) is 0.583. The number of aryl methyl sites for hydroxylation is 1. The van der Waals surface area contributed by atoms with Crippen molar-refractivity contribution in [3.8, 4) is 5.75 Å². The van der Waals surface area contributed by atoms with Gasteiger partial charge in [0.2, 0.25) is 0 Å². The van der Waals surface area contributed by atoms with E-state index >= 15 is 0 Å². The number of ether oxygens (including phenoxy) is 2. The highest BCUT2D eigenvalue weighted by molar-refractivity contribution is 7.22. The molecule has 1 amide bonds. The number of fused-ring (bicyclic) bond motifs is 1. The zero-order valence-electron chi connectivity index (χ0n) is 14.9. The van der Waals surface area contributed by atoms with Gasteiger partial charge in [-0.2, -0.15) is 0 Å². The molecule has 0 bridgehead atoms. The molecule has 0 aliphatic heterocycles. The van der Waals surface area contributed by atoms with E-state index in [2.05, 4.69) is 15.3 Å². The Hall–Kier alpha value is -2.87. The Kier molecular flexibility index (Phi) is 4.94. The third-order valence-electron chi connectivity index (χ3n) is 4.11. The van der Waals surface area contributed by atoms with Gasteiger partial charge in [0, 0.05) is 5.69 Å². The van der Waals surface area contributed by atoms with Crippen LogP contribution < -0.4 is 10.1 Å². The van der Waals surface area contributed by atoms with E-state index in [9.17, 15) is 9.59 Å². The van der Waals surface area contributed by atoms with Crippen molar-refractivity contribution in [3.63, 3.8) is 0 Å². The van der Waals surface area contributed by atoms with E-state index in [4.69, 9.17) is 9.47 Å².